The zero-order valence-corrected chi connectivity index (χ0v) is 20.4. The lowest BCUT2D eigenvalue weighted by Gasteiger charge is -2.32. The highest BCUT2D eigenvalue weighted by atomic mass is 32.2. The number of hydrogen-bond donors (Lipinski definition) is 2. The Balaban J connectivity index is 1.56. The van der Waals surface area contributed by atoms with Gasteiger partial charge in [0.25, 0.3) is 0 Å². The molecule has 6 nitrogen and oxygen atoms in total. The van der Waals surface area contributed by atoms with Crippen LogP contribution < -0.4 is 21.6 Å². The third kappa shape index (κ3) is 3.67. The summed E-state index contributed by atoms with van der Waals surface area (Å²) in [5, 5.41) is 6.94. The second kappa shape index (κ2) is 9.17. The average Bonchev–Trinajstić information content (AvgIpc) is 3.56. The molecule has 0 bridgehead atoms. The smallest absolute Gasteiger partial charge is 0.199 e. The van der Waals surface area contributed by atoms with Crippen molar-refractivity contribution in [2.75, 3.05) is 31.0 Å². The Kier molecular flexibility index (Phi) is 5.86. The van der Waals surface area contributed by atoms with Crippen LogP contribution in [0.5, 0.6) is 0 Å². The molecule has 2 heterocycles. The number of pyridine rings is 1. The molecule has 178 valence electrons. The number of anilines is 1. The van der Waals surface area contributed by atoms with Crippen LogP contribution in [0, 0.1) is 0 Å². The highest BCUT2D eigenvalue weighted by Gasteiger charge is 2.36. The molecule has 3 N–H and O–H groups in total. The standard InChI is InChI=1S/C28H28N4O2S/c1-34-15-14-31-22-10-5-4-9-20(22)27(33)25-23(31)11-6-12-24(25)32(29)26-19-8-3-2-7-18(19)17-21(26)28-30-13-16-35-28/h2-12,17,26,28,30H,13-16,29H2,1H3. The van der Waals surface area contributed by atoms with E-state index >= 15 is 0 Å². The summed E-state index contributed by atoms with van der Waals surface area (Å²) in [4.78, 5) is 13.9. The van der Waals surface area contributed by atoms with Gasteiger partial charge in [-0.3, -0.25) is 9.80 Å². The van der Waals surface area contributed by atoms with Crippen LogP contribution in [0.3, 0.4) is 0 Å². The number of ether oxygens (including phenoxy) is 1. The van der Waals surface area contributed by atoms with Crippen molar-refractivity contribution in [3.05, 3.63) is 93.7 Å². The Hall–Kier alpha value is -3.10. The van der Waals surface area contributed by atoms with E-state index in [-0.39, 0.29) is 16.8 Å². The molecular formula is C28H28N4O2S. The molecule has 4 aromatic rings. The van der Waals surface area contributed by atoms with Gasteiger partial charge in [0.15, 0.2) is 5.43 Å². The van der Waals surface area contributed by atoms with E-state index in [1.807, 2.05) is 54.2 Å². The first kappa shape index (κ1) is 22.4. The second-order valence-corrected chi connectivity index (χ2v) is 10.2. The van der Waals surface area contributed by atoms with Crippen LogP contribution in [0.25, 0.3) is 27.9 Å². The van der Waals surface area contributed by atoms with E-state index in [4.69, 9.17) is 10.6 Å². The van der Waals surface area contributed by atoms with Crippen molar-refractivity contribution in [3.8, 4) is 0 Å². The second-order valence-electron chi connectivity index (χ2n) is 8.95. The van der Waals surface area contributed by atoms with Gasteiger partial charge in [-0.25, -0.2) is 5.84 Å². The van der Waals surface area contributed by atoms with Crippen molar-refractivity contribution in [1.82, 2.24) is 9.88 Å². The van der Waals surface area contributed by atoms with Gasteiger partial charge in [0, 0.05) is 31.3 Å². The number of nitrogens with one attached hydrogen (secondary N) is 1. The molecule has 1 aliphatic carbocycles. The Morgan fingerprint density at radius 3 is 2.71 bits per heavy atom. The Morgan fingerprint density at radius 1 is 1.09 bits per heavy atom. The van der Waals surface area contributed by atoms with Gasteiger partial charge >= 0.3 is 0 Å². The van der Waals surface area contributed by atoms with Crippen LogP contribution in [-0.4, -0.2) is 36.0 Å². The fourth-order valence-electron chi connectivity index (χ4n) is 5.43. The molecule has 2 unspecified atom stereocenters. The quantitative estimate of drug-likeness (QED) is 0.242. The number of hydrazine groups is 1. The van der Waals surface area contributed by atoms with Crippen LogP contribution in [0.15, 0.2) is 77.1 Å². The summed E-state index contributed by atoms with van der Waals surface area (Å²) < 4.78 is 7.56. The number of fused-ring (bicyclic) bond motifs is 3. The van der Waals surface area contributed by atoms with E-state index in [0.717, 1.165) is 34.6 Å². The molecule has 35 heavy (non-hydrogen) atoms. The Morgan fingerprint density at radius 2 is 1.89 bits per heavy atom. The number of hydrogen-bond acceptors (Lipinski definition) is 6. The lowest BCUT2D eigenvalue weighted by atomic mass is 10.0. The molecule has 0 amide bonds. The summed E-state index contributed by atoms with van der Waals surface area (Å²) in [6.45, 7) is 2.17. The lowest BCUT2D eigenvalue weighted by Crippen LogP contribution is -2.39. The van der Waals surface area contributed by atoms with Crippen molar-refractivity contribution in [2.24, 2.45) is 5.84 Å². The molecule has 0 radical (unpaired) electrons. The molecule has 7 heteroatoms. The molecule has 1 saturated heterocycles. The largest absolute Gasteiger partial charge is 0.383 e. The minimum Gasteiger partial charge on any atom is -0.383 e. The van der Waals surface area contributed by atoms with Crippen molar-refractivity contribution >= 4 is 45.3 Å². The minimum atomic E-state index is -0.154. The van der Waals surface area contributed by atoms with Crippen LogP contribution in [0.1, 0.15) is 17.2 Å². The SMILES string of the molecule is COCCn1c2ccccc2c(=O)c2c(N(N)C3C(C4NCCS4)=Cc4ccccc43)cccc21. The highest BCUT2D eigenvalue weighted by molar-refractivity contribution is 8.00. The maximum atomic E-state index is 13.9. The third-order valence-electron chi connectivity index (χ3n) is 7.00. The molecule has 2 atom stereocenters. The average molecular weight is 485 g/mol. The van der Waals surface area contributed by atoms with Crippen LogP contribution in [0.2, 0.25) is 0 Å². The van der Waals surface area contributed by atoms with Gasteiger partial charge in [-0.2, -0.15) is 0 Å². The number of nitrogens with two attached hydrogens (primary N) is 1. The minimum absolute atomic E-state index is 0.000458. The summed E-state index contributed by atoms with van der Waals surface area (Å²) in [6, 6.07) is 22.0. The molecule has 1 fully saturated rings. The number of benzene rings is 3. The Labute approximate surface area is 208 Å². The zero-order valence-electron chi connectivity index (χ0n) is 19.6. The van der Waals surface area contributed by atoms with Gasteiger partial charge < -0.3 is 14.6 Å². The van der Waals surface area contributed by atoms with Crippen molar-refractivity contribution < 1.29 is 4.74 Å². The van der Waals surface area contributed by atoms with Gasteiger partial charge in [-0.05, 0) is 41.0 Å². The van der Waals surface area contributed by atoms with E-state index in [1.54, 1.807) is 12.1 Å². The van der Waals surface area contributed by atoms with Gasteiger partial charge in [0.1, 0.15) is 0 Å². The van der Waals surface area contributed by atoms with E-state index in [2.05, 4.69) is 40.2 Å². The number of methoxy groups -OCH3 is 1. The molecule has 1 aliphatic heterocycles. The molecule has 0 spiro atoms. The van der Waals surface area contributed by atoms with E-state index in [0.29, 0.717) is 23.9 Å². The van der Waals surface area contributed by atoms with Crippen molar-refractivity contribution in [3.63, 3.8) is 0 Å². The van der Waals surface area contributed by atoms with Gasteiger partial charge in [0.2, 0.25) is 0 Å². The molecule has 3 aromatic carbocycles. The molecule has 2 aliphatic rings. The van der Waals surface area contributed by atoms with Crippen LogP contribution >= 0.6 is 11.8 Å². The normalized spacial score (nSPS) is 19.3. The number of aromatic nitrogens is 1. The highest BCUT2D eigenvalue weighted by Crippen LogP contribution is 2.44. The third-order valence-corrected chi connectivity index (χ3v) is 8.21. The first-order valence-electron chi connectivity index (χ1n) is 11.9. The predicted octanol–water partition coefficient (Wildman–Crippen LogP) is 4.28. The summed E-state index contributed by atoms with van der Waals surface area (Å²) >= 11 is 1.91. The van der Waals surface area contributed by atoms with E-state index in [9.17, 15) is 4.79 Å². The van der Waals surface area contributed by atoms with Crippen LogP contribution in [0.4, 0.5) is 5.69 Å². The molecule has 0 saturated carbocycles. The fourth-order valence-corrected chi connectivity index (χ4v) is 6.52. The topological polar surface area (TPSA) is 72.5 Å². The number of thioether (sulfide) groups is 1. The monoisotopic (exact) mass is 484 g/mol. The maximum absolute atomic E-state index is 13.9. The van der Waals surface area contributed by atoms with Gasteiger partial charge in [0.05, 0.1) is 40.1 Å². The van der Waals surface area contributed by atoms with Crippen molar-refractivity contribution in [2.45, 2.75) is 18.0 Å². The first-order valence-corrected chi connectivity index (χ1v) is 13.0. The maximum Gasteiger partial charge on any atom is 0.199 e. The van der Waals surface area contributed by atoms with E-state index in [1.165, 1.54) is 11.1 Å². The van der Waals surface area contributed by atoms with Crippen LogP contribution in [-0.2, 0) is 11.3 Å². The number of para-hydroxylation sites is 1. The Bertz CT molecular complexity index is 1510. The van der Waals surface area contributed by atoms with E-state index < -0.39 is 0 Å². The lowest BCUT2D eigenvalue weighted by molar-refractivity contribution is 0.189. The zero-order chi connectivity index (χ0) is 23.9. The first-order chi connectivity index (χ1) is 17.2. The molecule has 6 rings (SSSR count). The predicted molar refractivity (Wildman–Crippen MR) is 146 cm³/mol. The molecular weight excluding hydrogens is 456 g/mol. The number of rotatable bonds is 6. The fraction of sp³-hybridized carbons (Fsp3) is 0.250. The molecule has 1 aromatic heterocycles. The number of nitrogens with zero attached hydrogens (tertiary/aromatic N) is 2. The van der Waals surface area contributed by atoms with Gasteiger partial charge in [-0.15, -0.1) is 11.8 Å². The van der Waals surface area contributed by atoms with Crippen molar-refractivity contribution in [1.29, 1.82) is 0 Å². The summed E-state index contributed by atoms with van der Waals surface area (Å²) in [5.41, 5.74) is 6.08. The summed E-state index contributed by atoms with van der Waals surface area (Å²) in [7, 11) is 1.69. The summed E-state index contributed by atoms with van der Waals surface area (Å²) in [5.74, 6) is 8.05. The van der Waals surface area contributed by atoms with Gasteiger partial charge in [-0.1, -0.05) is 48.5 Å². The summed E-state index contributed by atoms with van der Waals surface area (Å²) in [6.07, 6.45) is 2.26.